The molecule has 24 heavy (non-hydrogen) atoms. The molecule has 0 aromatic rings. The predicted octanol–water partition coefficient (Wildman–Crippen LogP) is 5.21. The summed E-state index contributed by atoms with van der Waals surface area (Å²) in [7, 11) is 0. The minimum absolute atomic E-state index is 0.0761. The zero-order valence-corrected chi connectivity index (χ0v) is 15.7. The number of hydrogen-bond donors (Lipinski definition) is 0. The molecule has 5 rings (SSSR count). The van der Waals surface area contributed by atoms with Crippen molar-refractivity contribution in [2.24, 2.45) is 46.3 Å². The van der Waals surface area contributed by atoms with Crippen molar-refractivity contribution in [3.63, 3.8) is 0 Å². The van der Waals surface area contributed by atoms with Crippen LogP contribution in [0.25, 0.3) is 0 Å². The molecule has 0 unspecified atom stereocenters. The quantitative estimate of drug-likeness (QED) is 0.617. The van der Waals surface area contributed by atoms with Crippen molar-refractivity contribution < 1.29 is 9.53 Å². The second-order valence-corrected chi connectivity index (χ2v) is 10.4. The number of esters is 1. The molecule has 0 radical (unpaired) electrons. The van der Waals surface area contributed by atoms with Crippen LogP contribution in [-0.2, 0) is 9.53 Å². The van der Waals surface area contributed by atoms with Gasteiger partial charge in [0.1, 0.15) is 6.10 Å². The molecule has 0 spiro atoms. The van der Waals surface area contributed by atoms with Gasteiger partial charge < -0.3 is 4.74 Å². The Bertz CT molecular complexity index is 556. The van der Waals surface area contributed by atoms with Crippen molar-refractivity contribution in [2.45, 2.75) is 84.7 Å². The summed E-state index contributed by atoms with van der Waals surface area (Å²) in [6, 6.07) is 0. The Kier molecular flexibility index (Phi) is 3.28. The van der Waals surface area contributed by atoms with Crippen molar-refractivity contribution in [1.29, 1.82) is 0 Å². The lowest BCUT2D eigenvalue weighted by molar-refractivity contribution is -0.162. The summed E-state index contributed by atoms with van der Waals surface area (Å²) in [5.74, 6) is 5.74. The molecule has 5 aliphatic rings. The van der Waals surface area contributed by atoms with Crippen LogP contribution in [0, 0.1) is 46.3 Å². The standard InChI is InChI=1S/C22H34O2/c1-13(23)24-20-9-8-17-16-7-6-15-5-4-14-12-19(14)22(15,3)18(16)10-11-21(17,20)2/h14-20H,4-12H2,1-3H3/t14-,15-,16+,17+,18+,19+,20+,21+,22+/m1/s1. The topological polar surface area (TPSA) is 26.3 Å². The van der Waals surface area contributed by atoms with Gasteiger partial charge in [0.25, 0.3) is 0 Å². The lowest BCUT2D eigenvalue weighted by Gasteiger charge is -2.60. The molecule has 5 saturated carbocycles. The molecule has 0 bridgehead atoms. The minimum atomic E-state index is -0.0761. The largest absolute Gasteiger partial charge is 0.462 e. The zero-order valence-electron chi connectivity index (χ0n) is 15.7. The number of carbonyl (C=O) groups excluding carboxylic acids is 1. The summed E-state index contributed by atoms with van der Waals surface area (Å²) in [5.41, 5.74) is 0.903. The molecular weight excluding hydrogens is 296 g/mol. The Labute approximate surface area is 147 Å². The van der Waals surface area contributed by atoms with Gasteiger partial charge in [0.15, 0.2) is 0 Å². The molecule has 134 valence electrons. The van der Waals surface area contributed by atoms with Gasteiger partial charge in [0.05, 0.1) is 0 Å². The monoisotopic (exact) mass is 330 g/mol. The van der Waals surface area contributed by atoms with E-state index in [9.17, 15) is 4.79 Å². The molecule has 0 saturated heterocycles. The van der Waals surface area contributed by atoms with Crippen LogP contribution in [-0.4, -0.2) is 12.1 Å². The van der Waals surface area contributed by atoms with Gasteiger partial charge in [-0.25, -0.2) is 0 Å². The van der Waals surface area contributed by atoms with Crippen LogP contribution >= 0.6 is 0 Å². The van der Waals surface area contributed by atoms with Crippen molar-refractivity contribution in [3.8, 4) is 0 Å². The first-order valence-corrected chi connectivity index (χ1v) is 10.6. The highest BCUT2D eigenvalue weighted by Crippen LogP contribution is 2.72. The molecule has 0 aliphatic heterocycles. The fourth-order valence-electron chi connectivity index (χ4n) is 8.59. The highest BCUT2D eigenvalue weighted by Gasteiger charge is 2.66. The van der Waals surface area contributed by atoms with E-state index >= 15 is 0 Å². The second kappa shape index (κ2) is 5.01. The van der Waals surface area contributed by atoms with Gasteiger partial charge in [-0.3, -0.25) is 4.79 Å². The minimum Gasteiger partial charge on any atom is -0.462 e. The van der Waals surface area contributed by atoms with E-state index in [-0.39, 0.29) is 17.5 Å². The van der Waals surface area contributed by atoms with Crippen molar-refractivity contribution >= 4 is 5.97 Å². The summed E-state index contributed by atoms with van der Waals surface area (Å²) in [6.45, 7) is 6.73. The van der Waals surface area contributed by atoms with Gasteiger partial charge in [0.2, 0.25) is 0 Å². The lowest BCUT2D eigenvalue weighted by atomic mass is 9.45. The molecule has 0 aromatic carbocycles. The van der Waals surface area contributed by atoms with E-state index < -0.39 is 0 Å². The average molecular weight is 331 g/mol. The first-order chi connectivity index (χ1) is 11.4. The first-order valence-electron chi connectivity index (χ1n) is 10.6. The van der Waals surface area contributed by atoms with E-state index in [1.807, 2.05) is 0 Å². The lowest BCUT2D eigenvalue weighted by Crippen LogP contribution is -2.54. The van der Waals surface area contributed by atoms with E-state index in [1.54, 1.807) is 6.92 Å². The average Bonchev–Trinajstić information content (AvgIpc) is 3.26. The van der Waals surface area contributed by atoms with E-state index in [0.717, 1.165) is 41.9 Å². The number of rotatable bonds is 1. The van der Waals surface area contributed by atoms with E-state index in [1.165, 1.54) is 51.4 Å². The smallest absolute Gasteiger partial charge is 0.302 e. The maximum Gasteiger partial charge on any atom is 0.302 e. The third kappa shape index (κ3) is 1.92. The molecule has 5 fully saturated rings. The highest BCUT2D eigenvalue weighted by atomic mass is 16.5. The Hall–Kier alpha value is -0.530. The fourth-order valence-corrected chi connectivity index (χ4v) is 8.59. The summed E-state index contributed by atoms with van der Waals surface area (Å²) in [5, 5.41) is 0. The number of fused-ring (bicyclic) bond motifs is 7. The third-order valence-electron chi connectivity index (χ3n) is 9.79. The zero-order chi connectivity index (χ0) is 16.7. The van der Waals surface area contributed by atoms with Crippen LogP contribution in [0.1, 0.15) is 78.6 Å². The Morgan fingerprint density at radius 2 is 1.71 bits per heavy atom. The third-order valence-corrected chi connectivity index (χ3v) is 9.79. The normalized spacial score (nSPS) is 58.0. The van der Waals surface area contributed by atoms with Crippen LogP contribution in [0.5, 0.6) is 0 Å². The maximum absolute atomic E-state index is 11.6. The Morgan fingerprint density at radius 3 is 2.50 bits per heavy atom. The first kappa shape index (κ1) is 15.7. The van der Waals surface area contributed by atoms with Crippen LogP contribution in [0.4, 0.5) is 0 Å². The SMILES string of the molecule is CC(=O)O[C@H]1CC[C@H]2[C@@H]3CC[C@H]4CC[C@@H]5C[C@@H]5[C@]4(C)[C@H]3CC[C@]12C. The van der Waals surface area contributed by atoms with Crippen LogP contribution < -0.4 is 0 Å². The van der Waals surface area contributed by atoms with Crippen LogP contribution in [0.2, 0.25) is 0 Å². The van der Waals surface area contributed by atoms with Crippen LogP contribution in [0.3, 0.4) is 0 Å². The van der Waals surface area contributed by atoms with Gasteiger partial charge in [-0.1, -0.05) is 13.8 Å². The van der Waals surface area contributed by atoms with Gasteiger partial charge in [-0.15, -0.1) is 0 Å². The predicted molar refractivity (Wildman–Crippen MR) is 94.3 cm³/mol. The summed E-state index contributed by atoms with van der Waals surface area (Å²) >= 11 is 0. The molecule has 5 aliphatic carbocycles. The van der Waals surface area contributed by atoms with E-state index in [4.69, 9.17) is 4.74 Å². The second-order valence-electron chi connectivity index (χ2n) is 10.4. The van der Waals surface area contributed by atoms with Gasteiger partial charge in [-0.05, 0) is 98.7 Å². The number of hydrogen-bond acceptors (Lipinski definition) is 2. The van der Waals surface area contributed by atoms with Gasteiger partial charge in [-0.2, -0.15) is 0 Å². The summed E-state index contributed by atoms with van der Waals surface area (Å²) in [4.78, 5) is 11.6. The molecule has 0 N–H and O–H groups in total. The number of carbonyl (C=O) groups is 1. The highest BCUT2D eigenvalue weighted by molar-refractivity contribution is 5.66. The molecule has 0 aromatic heterocycles. The summed E-state index contributed by atoms with van der Waals surface area (Å²) < 4.78 is 5.79. The van der Waals surface area contributed by atoms with E-state index in [2.05, 4.69) is 13.8 Å². The Balaban J connectivity index is 1.43. The molecular formula is C22H34O2. The van der Waals surface area contributed by atoms with Crippen molar-refractivity contribution in [2.75, 3.05) is 0 Å². The molecule has 9 atom stereocenters. The van der Waals surface area contributed by atoms with E-state index in [0.29, 0.717) is 5.41 Å². The van der Waals surface area contributed by atoms with Crippen molar-refractivity contribution in [1.82, 2.24) is 0 Å². The molecule has 2 nitrogen and oxygen atoms in total. The number of ether oxygens (including phenoxy) is 1. The fraction of sp³-hybridized carbons (Fsp3) is 0.955. The van der Waals surface area contributed by atoms with Crippen molar-refractivity contribution in [3.05, 3.63) is 0 Å². The van der Waals surface area contributed by atoms with Gasteiger partial charge in [0, 0.05) is 12.3 Å². The Morgan fingerprint density at radius 1 is 0.917 bits per heavy atom. The summed E-state index contributed by atoms with van der Waals surface area (Å²) in [6.07, 6.45) is 12.8. The van der Waals surface area contributed by atoms with Crippen LogP contribution in [0.15, 0.2) is 0 Å². The molecule has 2 heteroatoms. The molecule has 0 amide bonds. The molecule has 0 heterocycles. The maximum atomic E-state index is 11.6. The van der Waals surface area contributed by atoms with Gasteiger partial charge >= 0.3 is 5.97 Å².